The van der Waals surface area contributed by atoms with E-state index in [-0.39, 0.29) is 11.9 Å². The van der Waals surface area contributed by atoms with E-state index in [1.165, 1.54) is 6.42 Å². The highest BCUT2D eigenvalue weighted by Gasteiger charge is 2.22. The average Bonchev–Trinajstić information content (AvgIpc) is 2.49. The summed E-state index contributed by atoms with van der Waals surface area (Å²) in [7, 11) is 1.76. The van der Waals surface area contributed by atoms with Gasteiger partial charge in [0.1, 0.15) is 11.9 Å². The third-order valence-corrected chi connectivity index (χ3v) is 3.94. The highest BCUT2D eigenvalue weighted by Crippen LogP contribution is 2.21. The Labute approximate surface area is 127 Å². The molecule has 1 aliphatic rings. The third kappa shape index (κ3) is 3.59. The van der Waals surface area contributed by atoms with Gasteiger partial charge in [-0.15, -0.1) is 0 Å². The predicted octanol–water partition coefficient (Wildman–Crippen LogP) is 2.09. The van der Waals surface area contributed by atoms with Gasteiger partial charge in [-0.2, -0.15) is 4.98 Å². The molecule has 0 saturated carbocycles. The van der Waals surface area contributed by atoms with Crippen LogP contribution in [0.4, 0.5) is 11.8 Å². The number of amides is 1. The summed E-state index contributed by atoms with van der Waals surface area (Å²) in [6, 6.07) is -0.302. The smallest absolute Gasteiger partial charge is 0.244 e. The number of nitrogens with zero attached hydrogens (tertiary/aromatic N) is 3. The molecule has 2 rings (SSSR count). The van der Waals surface area contributed by atoms with Crippen LogP contribution in [0.1, 0.15) is 26.2 Å². The molecule has 0 bridgehead atoms. The van der Waals surface area contributed by atoms with Crippen LogP contribution in [-0.4, -0.2) is 47.0 Å². The maximum Gasteiger partial charge on any atom is 0.244 e. The lowest BCUT2D eigenvalue weighted by Gasteiger charge is -2.29. The van der Waals surface area contributed by atoms with Gasteiger partial charge in [0.05, 0.1) is 4.47 Å². The van der Waals surface area contributed by atoms with E-state index in [2.05, 4.69) is 36.5 Å². The zero-order valence-corrected chi connectivity index (χ0v) is 13.4. The fourth-order valence-electron chi connectivity index (χ4n) is 2.24. The first-order valence-corrected chi connectivity index (χ1v) is 7.66. The van der Waals surface area contributed by atoms with Gasteiger partial charge in [0.25, 0.3) is 0 Å². The van der Waals surface area contributed by atoms with Crippen LogP contribution in [0.2, 0.25) is 0 Å². The normalized spacial score (nSPS) is 16.6. The minimum absolute atomic E-state index is 0.126. The van der Waals surface area contributed by atoms with E-state index in [0.717, 1.165) is 30.4 Å². The Morgan fingerprint density at radius 2 is 2.10 bits per heavy atom. The summed E-state index contributed by atoms with van der Waals surface area (Å²) >= 11 is 3.39. The van der Waals surface area contributed by atoms with Crippen molar-refractivity contribution in [3.05, 3.63) is 10.7 Å². The van der Waals surface area contributed by atoms with E-state index in [9.17, 15) is 4.79 Å². The largest absolute Gasteiger partial charge is 0.358 e. The van der Waals surface area contributed by atoms with Crippen molar-refractivity contribution in [2.45, 2.75) is 32.2 Å². The summed E-state index contributed by atoms with van der Waals surface area (Å²) in [5, 5.41) is 6.03. The van der Waals surface area contributed by atoms with Crippen LogP contribution >= 0.6 is 15.9 Å². The maximum atomic E-state index is 12.4. The predicted molar refractivity (Wildman–Crippen MR) is 82.8 cm³/mol. The molecule has 2 heterocycles. The fraction of sp³-hybridized carbons (Fsp3) is 0.615. The molecule has 1 atom stereocenters. The van der Waals surface area contributed by atoms with Crippen LogP contribution in [0.3, 0.4) is 0 Å². The molecule has 1 aromatic heterocycles. The van der Waals surface area contributed by atoms with Crippen LogP contribution in [0.5, 0.6) is 0 Å². The summed E-state index contributed by atoms with van der Waals surface area (Å²) in [5.41, 5.74) is 0. The number of anilines is 2. The Balaban J connectivity index is 2.03. The van der Waals surface area contributed by atoms with Gasteiger partial charge in [0, 0.05) is 26.3 Å². The Morgan fingerprint density at radius 3 is 2.75 bits per heavy atom. The molecule has 0 radical (unpaired) electrons. The van der Waals surface area contributed by atoms with Gasteiger partial charge in [0.15, 0.2) is 0 Å². The Hall–Kier alpha value is -1.37. The molecule has 1 amide bonds. The van der Waals surface area contributed by atoms with Crippen LogP contribution in [0, 0.1) is 0 Å². The minimum Gasteiger partial charge on any atom is -0.358 e. The zero-order chi connectivity index (χ0) is 14.5. The number of piperidine rings is 1. The summed E-state index contributed by atoms with van der Waals surface area (Å²) in [6.45, 7) is 3.58. The summed E-state index contributed by atoms with van der Waals surface area (Å²) < 4.78 is 0.745. The van der Waals surface area contributed by atoms with Crippen LogP contribution in [-0.2, 0) is 4.79 Å². The van der Waals surface area contributed by atoms with E-state index in [0.29, 0.717) is 11.8 Å². The SMILES string of the molecule is CNc1ncc(Br)c(NC(C)C(=O)N2CCCCC2)n1. The number of likely N-dealkylation sites (tertiary alicyclic amines) is 1. The number of hydrogen-bond acceptors (Lipinski definition) is 5. The number of rotatable bonds is 4. The maximum absolute atomic E-state index is 12.4. The van der Waals surface area contributed by atoms with Crippen molar-refractivity contribution >= 4 is 33.6 Å². The third-order valence-electron chi connectivity index (χ3n) is 3.36. The molecular weight excluding hydrogens is 322 g/mol. The second kappa shape index (κ2) is 6.88. The van der Waals surface area contributed by atoms with Crippen molar-refractivity contribution in [3.8, 4) is 0 Å². The second-order valence-corrected chi connectivity index (χ2v) is 5.75. The summed E-state index contributed by atoms with van der Waals surface area (Å²) in [5.74, 6) is 1.27. The highest BCUT2D eigenvalue weighted by atomic mass is 79.9. The Kier molecular flexibility index (Phi) is 5.17. The molecule has 1 saturated heterocycles. The fourth-order valence-corrected chi connectivity index (χ4v) is 2.55. The van der Waals surface area contributed by atoms with Gasteiger partial charge in [-0.25, -0.2) is 4.98 Å². The first-order valence-electron chi connectivity index (χ1n) is 6.87. The van der Waals surface area contributed by atoms with E-state index < -0.39 is 0 Å². The molecule has 110 valence electrons. The van der Waals surface area contributed by atoms with Crippen molar-refractivity contribution in [2.24, 2.45) is 0 Å². The van der Waals surface area contributed by atoms with Crippen molar-refractivity contribution in [1.29, 1.82) is 0 Å². The summed E-state index contributed by atoms with van der Waals surface area (Å²) in [6.07, 6.45) is 5.08. The van der Waals surface area contributed by atoms with Crippen molar-refractivity contribution < 1.29 is 4.79 Å². The van der Waals surface area contributed by atoms with Gasteiger partial charge < -0.3 is 15.5 Å². The number of carbonyl (C=O) groups excluding carboxylic acids is 1. The molecule has 20 heavy (non-hydrogen) atoms. The Morgan fingerprint density at radius 1 is 1.40 bits per heavy atom. The van der Waals surface area contributed by atoms with E-state index in [4.69, 9.17) is 0 Å². The zero-order valence-electron chi connectivity index (χ0n) is 11.8. The number of halogens is 1. The molecular formula is C13H20BrN5O. The molecule has 1 fully saturated rings. The lowest BCUT2D eigenvalue weighted by Crippen LogP contribution is -2.44. The lowest BCUT2D eigenvalue weighted by molar-refractivity contribution is -0.132. The molecule has 2 N–H and O–H groups in total. The standard InChI is InChI=1S/C13H20BrN5O/c1-9(12(20)19-6-4-3-5-7-19)17-11-10(14)8-16-13(15-2)18-11/h8-9H,3-7H2,1-2H3,(H2,15,16,17,18). The molecule has 0 spiro atoms. The molecule has 7 heteroatoms. The monoisotopic (exact) mass is 341 g/mol. The topological polar surface area (TPSA) is 70.2 Å². The average molecular weight is 342 g/mol. The first kappa shape index (κ1) is 15.0. The van der Waals surface area contributed by atoms with Gasteiger partial charge in [0.2, 0.25) is 11.9 Å². The number of aromatic nitrogens is 2. The van der Waals surface area contributed by atoms with Gasteiger partial charge in [-0.05, 0) is 42.1 Å². The summed E-state index contributed by atoms with van der Waals surface area (Å²) in [4.78, 5) is 22.7. The lowest BCUT2D eigenvalue weighted by atomic mass is 10.1. The second-order valence-electron chi connectivity index (χ2n) is 4.89. The van der Waals surface area contributed by atoms with Gasteiger partial charge in [-0.1, -0.05) is 0 Å². The van der Waals surface area contributed by atoms with Crippen LogP contribution in [0.25, 0.3) is 0 Å². The first-order chi connectivity index (χ1) is 9.61. The highest BCUT2D eigenvalue weighted by molar-refractivity contribution is 9.10. The quantitative estimate of drug-likeness (QED) is 0.877. The number of carbonyl (C=O) groups is 1. The van der Waals surface area contributed by atoms with Crippen LogP contribution in [0.15, 0.2) is 10.7 Å². The molecule has 0 aromatic carbocycles. The molecule has 1 aromatic rings. The number of hydrogen-bond donors (Lipinski definition) is 2. The Bertz CT molecular complexity index is 476. The van der Waals surface area contributed by atoms with E-state index in [1.807, 2.05) is 11.8 Å². The minimum atomic E-state index is -0.302. The van der Waals surface area contributed by atoms with Gasteiger partial charge in [-0.3, -0.25) is 4.79 Å². The molecule has 1 unspecified atom stereocenters. The number of nitrogens with one attached hydrogen (secondary N) is 2. The van der Waals surface area contributed by atoms with Crippen molar-refractivity contribution in [1.82, 2.24) is 14.9 Å². The molecule has 1 aliphatic heterocycles. The van der Waals surface area contributed by atoms with Crippen LogP contribution < -0.4 is 10.6 Å². The van der Waals surface area contributed by atoms with Crippen molar-refractivity contribution in [2.75, 3.05) is 30.8 Å². The van der Waals surface area contributed by atoms with E-state index in [1.54, 1.807) is 13.2 Å². The molecule has 0 aliphatic carbocycles. The van der Waals surface area contributed by atoms with E-state index >= 15 is 0 Å². The van der Waals surface area contributed by atoms with Gasteiger partial charge >= 0.3 is 0 Å². The molecule has 6 nitrogen and oxygen atoms in total. The van der Waals surface area contributed by atoms with Crippen molar-refractivity contribution in [3.63, 3.8) is 0 Å².